The van der Waals surface area contributed by atoms with E-state index in [2.05, 4.69) is 51.6 Å². The van der Waals surface area contributed by atoms with Gasteiger partial charge in [-0.3, -0.25) is 0 Å². The number of nitrogens with one attached hydrogen (secondary N) is 1. The maximum atomic E-state index is 5.52. The zero-order chi connectivity index (χ0) is 18.2. The number of benzene rings is 1. The molecule has 5 rings (SSSR count). The standard InChI is InChI=1S/C21H20N4OS/c1-13-6-8-14(9-7-13)17-10-15(26-25-17)11-22-20-19-16-4-2-3-5-18(16)27-21(19)24-12-23-20/h6-10,12H,2-5,11H2,1H3,(H,22,23,24). The third kappa shape index (κ3) is 3.10. The van der Waals surface area contributed by atoms with Gasteiger partial charge in [0.1, 0.15) is 22.7 Å². The maximum absolute atomic E-state index is 5.52. The number of aromatic nitrogens is 3. The summed E-state index contributed by atoms with van der Waals surface area (Å²) in [4.78, 5) is 11.5. The third-order valence-electron chi connectivity index (χ3n) is 5.09. The lowest BCUT2D eigenvalue weighted by Crippen LogP contribution is -2.04. The molecule has 0 radical (unpaired) electrons. The Morgan fingerprint density at radius 3 is 2.85 bits per heavy atom. The van der Waals surface area contributed by atoms with Crippen LogP contribution in [0.25, 0.3) is 21.5 Å². The predicted molar refractivity (Wildman–Crippen MR) is 108 cm³/mol. The van der Waals surface area contributed by atoms with Crippen molar-refractivity contribution in [1.82, 2.24) is 15.1 Å². The van der Waals surface area contributed by atoms with Crippen LogP contribution < -0.4 is 5.32 Å². The molecule has 0 bridgehead atoms. The van der Waals surface area contributed by atoms with E-state index in [1.54, 1.807) is 6.33 Å². The molecule has 0 aliphatic heterocycles. The maximum Gasteiger partial charge on any atom is 0.156 e. The van der Waals surface area contributed by atoms with Gasteiger partial charge in [0.15, 0.2) is 5.76 Å². The minimum atomic E-state index is 0.551. The first kappa shape index (κ1) is 16.4. The summed E-state index contributed by atoms with van der Waals surface area (Å²) in [6, 6.07) is 10.3. The summed E-state index contributed by atoms with van der Waals surface area (Å²) in [5.74, 6) is 1.69. The predicted octanol–water partition coefficient (Wildman–Crippen LogP) is 5.15. The van der Waals surface area contributed by atoms with Gasteiger partial charge >= 0.3 is 0 Å². The van der Waals surface area contributed by atoms with E-state index in [4.69, 9.17) is 4.52 Å². The van der Waals surface area contributed by atoms with Gasteiger partial charge in [0.2, 0.25) is 0 Å². The molecule has 5 nitrogen and oxygen atoms in total. The van der Waals surface area contributed by atoms with E-state index >= 15 is 0 Å². The van der Waals surface area contributed by atoms with Crippen LogP contribution in [0, 0.1) is 6.92 Å². The van der Waals surface area contributed by atoms with Crippen molar-refractivity contribution >= 4 is 27.4 Å². The highest BCUT2D eigenvalue weighted by molar-refractivity contribution is 7.19. The molecule has 0 saturated heterocycles. The number of nitrogens with zero attached hydrogens (tertiary/aromatic N) is 3. The van der Waals surface area contributed by atoms with Gasteiger partial charge in [-0.05, 0) is 38.2 Å². The van der Waals surface area contributed by atoms with E-state index in [1.807, 2.05) is 17.4 Å². The summed E-state index contributed by atoms with van der Waals surface area (Å²) in [7, 11) is 0. The second-order valence-corrected chi connectivity index (χ2v) is 8.09. The molecular weight excluding hydrogens is 356 g/mol. The number of anilines is 1. The topological polar surface area (TPSA) is 63.8 Å². The summed E-state index contributed by atoms with van der Waals surface area (Å²) < 4.78 is 5.52. The smallest absolute Gasteiger partial charge is 0.156 e. The van der Waals surface area contributed by atoms with Crippen LogP contribution in [0.5, 0.6) is 0 Å². The number of fused-ring (bicyclic) bond motifs is 3. The molecule has 6 heteroatoms. The highest BCUT2D eigenvalue weighted by Gasteiger charge is 2.20. The SMILES string of the molecule is Cc1ccc(-c2cc(CNc3ncnc4sc5c(c34)CCCC5)on2)cc1. The molecule has 27 heavy (non-hydrogen) atoms. The zero-order valence-electron chi connectivity index (χ0n) is 15.2. The van der Waals surface area contributed by atoms with Crippen LogP contribution in [-0.4, -0.2) is 15.1 Å². The van der Waals surface area contributed by atoms with E-state index < -0.39 is 0 Å². The monoisotopic (exact) mass is 376 g/mol. The summed E-state index contributed by atoms with van der Waals surface area (Å²) in [5, 5.41) is 8.83. The number of rotatable bonds is 4. The van der Waals surface area contributed by atoms with Gasteiger partial charge in [-0.1, -0.05) is 35.0 Å². The molecule has 0 spiro atoms. The molecule has 136 valence electrons. The third-order valence-corrected chi connectivity index (χ3v) is 6.29. The van der Waals surface area contributed by atoms with Crippen molar-refractivity contribution in [3.05, 3.63) is 58.4 Å². The minimum absolute atomic E-state index is 0.551. The molecule has 0 atom stereocenters. The second-order valence-electron chi connectivity index (χ2n) is 7.01. The first-order valence-corrected chi connectivity index (χ1v) is 10.1. The van der Waals surface area contributed by atoms with Gasteiger partial charge in [0.05, 0.1) is 11.9 Å². The Labute approximate surface area is 161 Å². The van der Waals surface area contributed by atoms with Gasteiger partial charge in [0, 0.05) is 16.5 Å². The Morgan fingerprint density at radius 2 is 1.96 bits per heavy atom. The Balaban J connectivity index is 1.39. The van der Waals surface area contributed by atoms with Gasteiger partial charge in [-0.15, -0.1) is 11.3 Å². The van der Waals surface area contributed by atoms with Crippen LogP contribution in [0.3, 0.4) is 0 Å². The van der Waals surface area contributed by atoms with Crippen molar-refractivity contribution in [2.24, 2.45) is 0 Å². The summed E-state index contributed by atoms with van der Waals surface area (Å²) in [6.07, 6.45) is 6.45. The first-order valence-electron chi connectivity index (χ1n) is 9.30. The molecule has 4 aromatic rings. The molecule has 1 N–H and O–H groups in total. The van der Waals surface area contributed by atoms with Crippen molar-refractivity contribution in [1.29, 1.82) is 0 Å². The Kier molecular flexibility index (Phi) is 4.13. The molecule has 3 aromatic heterocycles. The van der Waals surface area contributed by atoms with Crippen molar-refractivity contribution in [3.63, 3.8) is 0 Å². The largest absolute Gasteiger partial charge is 0.362 e. The molecule has 0 fully saturated rings. The number of thiophene rings is 1. The summed E-state index contributed by atoms with van der Waals surface area (Å²) >= 11 is 1.81. The van der Waals surface area contributed by atoms with Crippen LogP contribution in [-0.2, 0) is 19.4 Å². The van der Waals surface area contributed by atoms with Gasteiger partial charge < -0.3 is 9.84 Å². The van der Waals surface area contributed by atoms with Crippen LogP contribution in [0.15, 0.2) is 41.2 Å². The lowest BCUT2D eigenvalue weighted by Gasteiger charge is -2.11. The summed E-state index contributed by atoms with van der Waals surface area (Å²) in [5.41, 5.74) is 4.58. The highest BCUT2D eigenvalue weighted by atomic mass is 32.1. The van der Waals surface area contributed by atoms with Crippen molar-refractivity contribution in [3.8, 4) is 11.3 Å². The summed E-state index contributed by atoms with van der Waals surface area (Å²) in [6.45, 7) is 2.63. The molecule has 3 heterocycles. The minimum Gasteiger partial charge on any atom is -0.362 e. The van der Waals surface area contributed by atoms with Gasteiger partial charge in [-0.25, -0.2) is 9.97 Å². The number of hydrogen-bond donors (Lipinski definition) is 1. The molecule has 0 amide bonds. The first-order chi connectivity index (χ1) is 13.3. The number of aryl methyl sites for hydroxylation is 3. The van der Waals surface area contributed by atoms with E-state index in [0.29, 0.717) is 6.54 Å². The van der Waals surface area contributed by atoms with Crippen LogP contribution >= 0.6 is 11.3 Å². The average molecular weight is 376 g/mol. The normalized spacial score (nSPS) is 13.7. The fourth-order valence-electron chi connectivity index (χ4n) is 3.65. The van der Waals surface area contributed by atoms with Crippen molar-refractivity contribution in [2.45, 2.75) is 39.2 Å². The lowest BCUT2D eigenvalue weighted by atomic mass is 9.97. The molecule has 1 aromatic carbocycles. The molecule has 1 aliphatic rings. The van der Waals surface area contributed by atoms with Crippen LogP contribution in [0.1, 0.15) is 34.6 Å². The second kappa shape index (κ2) is 6.78. The highest BCUT2D eigenvalue weighted by Crippen LogP contribution is 2.38. The molecule has 0 saturated carbocycles. The fraction of sp³-hybridized carbons (Fsp3) is 0.286. The Hall–Kier alpha value is -2.73. The van der Waals surface area contributed by atoms with Crippen LogP contribution in [0.4, 0.5) is 5.82 Å². The van der Waals surface area contributed by atoms with E-state index in [-0.39, 0.29) is 0 Å². The van der Waals surface area contributed by atoms with Gasteiger partial charge in [-0.2, -0.15) is 0 Å². The lowest BCUT2D eigenvalue weighted by molar-refractivity contribution is 0.390. The Morgan fingerprint density at radius 1 is 1.11 bits per heavy atom. The zero-order valence-corrected chi connectivity index (χ0v) is 16.0. The average Bonchev–Trinajstić information content (AvgIpc) is 3.31. The quantitative estimate of drug-likeness (QED) is 0.534. The molecule has 0 unspecified atom stereocenters. The molecular formula is C21H20N4OS. The van der Waals surface area contributed by atoms with Gasteiger partial charge in [0.25, 0.3) is 0 Å². The fourth-order valence-corrected chi connectivity index (χ4v) is 4.88. The van der Waals surface area contributed by atoms with E-state index in [1.165, 1.54) is 34.2 Å². The number of hydrogen-bond acceptors (Lipinski definition) is 6. The van der Waals surface area contributed by atoms with Crippen molar-refractivity contribution in [2.75, 3.05) is 5.32 Å². The molecule has 1 aliphatic carbocycles. The van der Waals surface area contributed by atoms with Crippen molar-refractivity contribution < 1.29 is 4.52 Å². The van der Waals surface area contributed by atoms with E-state index in [9.17, 15) is 0 Å². The van der Waals surface area contributed by atoms with E-state index in [0.717, 1.165) is 40.5 Å². The Bertz CT molecular complexity index is 1100. The van der Waals surface area contributed by atoms with Crippen LogP contribution in [0.2, 0.25) is 0 Å².